The Morgan fingerprint density at radius 3 is 2.80 bits per heavy atom. The first-order chi connectivity index (χ1) is 7.22. The maximum absolute atomic E-state index is 11.4. The molecule has 0 spiro atoms. The van der Waals surface area contributed by atoms with E-state index in [4.69, 9.17) is 16.3 Å². The van der Waals surface area contributed by atoms with Gasteiger partial charge in [0.1, 0.15) is 5.75 Å². The third-order valence-corrected chi connectivity index (χ3v) is 2.13. The summed E-state index contributed by atoms with van der Waals surface area (Å²) >= 11 is 5.63. The average molecular weight is 231 g/mol. The predicted octanol–water partition coefficient (Wildman–Crippen LogP) is 1.01. The standard InChI is InChI=1S/C10H13ClNO3/c1-14-8-3-5-12(6-4-11)9(7-8)10(13)15-2/h3,5,7H,4,6H2,1-2H3/q+1. The van der Waals surface area contributed by atoms with Gasteiger partial charge in [0.15, 0.2) is 12.7 Å². The number of carbonyl (C=O) groups excluding carboxylic acids is 1. The van der Waals surface area contributed by atoms with Crippen LogP contribution in [0.15, 0.2) is 18.3 Å². The highest BCUT2D eigenvalue weighted by molar-refractivity contribution is 6.17. The van der Waals surface area contributed by atoms with Crippen molar-refractivity contribution in [2.75, 3.05) is 20.1 Å². The first-order valence-electron chi connectivity index (χ1n) is 4.44. The van der Waals surface area contributed by atoms with Crippen molar-refractivity contribution >= 4 is 17.6 Å². The van der Waals surface area contributed by atoms with Crippen molar-refractivity contribution in [2.24, 2.45) is 0 Å². The van der Waals surface area contributed by atoms with Crippen LogP contribution in [0.4, 0.5) is 0 Å². The minimum absolute atomic E-state index is 0.404. The first-order valence-corrected chi connectivity index (χ1v) is 4.98. The van der Waals surface area contributed by atoms with Gasteiger partial charge in [-0.15, -0.1) is 11.6 Å². The molecule has 0 bridgehead atoms. The number of halogens is 1. The van der Waals surface area contributed by atoms with Gasteiger partial charge < -0.3 is 9.47 Å². The fraction of sp³-hybridized carbons (Fsp3) is 0.400. The van der Waals surface area contributed by atoms with Gasteiger partial charge >= 0.3 is 5.97 Å². The number of aryl methyl sites for hydroxylation is 1. The van der Waals surface area contributed by atoms with E-state index in [0.717, 1.165) is 0 Å². The molecule has 4 nitrogen and oxygen atoms in total. The normalized spacial score (nSPS) is 9.80. The highest BCUT2D eigenvalue weighted by Gasteiger charge is 2.20. The summed E-state index contributed by atoms with van der Waals surface area (Å²) in [5.41, 5.74) is 0.428. The lowest BCUT2D eigenvalue weighted by molar-refractivity contribution is -0.695. The zero-order valence-electron chi connectivity index (χ0n) is 8.70. The molecule has 1 heterocycles. The van der Waals surface area contributed by atoms with Crippen LogP contribution in [0.25, 0.3) is 0 Å². The lowest BCUT2D eigenvalue weighted by atomic mass is 10.3. The van der Waals surface area contributed by atoms with Crippen LogP contribution >= 0.6 is 11.6 Å². The van der Waals surface area contributed by atoms with Crippen LogP contribution in [-0.2, 0) is 11.3 Å². The van der Waals surface area contributed by atoms with Crippen molar-refractivity contribution < 1.29 is 18.8 Å². The van der Waals surface area contributed by atoms with Crippen molar-refractivity contribution in [3.63, 3.8) is 0 Å². The fourth-order valence-electron chi connectivity index (χ4n) is 1.20. The van der Waals surface area contributed by atoms with Crippen LogP contribution in [0.5, 0.6) is 5.75 Å². The van der Waals surface area contributed by atoms with Gasteiger partial charge in [-0.2, -0.15) is 4.57 Å². The molecule has 0 aliphatic heterocycles. The number of hydrogen-bond donors (Lipinski definition) is 0. The molecule has 1 aromatic rings. The molecule has 0 fully saturated rings. The molecule has 0 saturated carbocycles. The lowest BCUT2D eigenvalue weighted by Gasteiger charge is -2.03. The average Bonchev–Trinajstić information content (AvgIpc) is 2.29. The van der Waals surface area contributed by atoms with Crippen LogP contribution in [0.3, 0.4) is 0 Å². The third-order valence-electron chi connectivity index (χ3n) is 1.96. The Balaban J connectivity index is 3.10. The molecule has 0 aliphatic carbocycles. The monoisotopic (exact) mass is 230 g/mol. The quantitative estimate of drug-likeness (QED) is 0.440. The number of esters is 1. The summed E-state index contributed by atoms with van der Waals surface area (Å²) in [5.74, 6) is 0.640. The van der Waals surface area contributed by atoms with E-state index in [2.05, 4.69) is 4.74 Å². The highest BCUT2D eigenvalue weighted by Crippen LogP contribution is 2.09. The molecule has 1 rings (SSSR count). The summed E-state index contributed by atoms with van der Waals surface area (Å²) in [4.78, 5) is 11.4. The smallest absolute Gasteiger partial charge is 0.403 e. The molecular formula is C10H13ClNO3+. The number of alkyl halides is 1. The zero-order valence-corrected chi connectivity index (χ0v) is 9.45. The van der Waals surface area contributed by atoms with Gasteiger partial charge in [-0.05, 0) is 0 Å². The molecule has 82 valence electrons. The number of pyridine rings is 1. The summed E-state index contributed by atoms with van der Waals surface area (Å²) in [6.45, 7) is 0.552. The van der Waals surface area contributed by atoms with Crippen molar-refractivity contribution in [3.8, 4) is 5.75 Å². The maximum atomic E-state index is 11.4. The Bertz CT molecular complexity index is 355. The van der Waals surface area contributed by atoms with E-state index in [1.165, 1.54) is 7.11 Å². The first kappa shape index (κ1) is 11.8. The third kappa shape index (κ3) is 2.83. The molecule has 0 atom stereocenters. The van der Waals surface area contributed by atoms with Gasteiger partial charge in [0, 0.05) is 6.07 Å². The van der Waals surface area contributed by atoms with Gasteiger partial charge in [-0.25, -0.2) is 4.79 Å². The minimum Gasteiger partial charge on any atom is -0.496 e. The highest BCUT2D eigenvalue weighted by atomic mass is 35.5. The predicted molar refractivity (Wildman–Crippen MR) is 55.2 cm³/mol. The summed E-state index contributed by atoms with van der Waals surface area (Å²) in [7, 11) is 2.88. The summed E-state index contributed by atoms with van der Waals surface area (Å²) in [5, 5.41) is 0. The van der Waals surface area contributed by atoms with Gasteiger partial charge in [-0.3, -0.25) is 0 Å². The van der Waals surface area contributed by atoms with E-state index >= 15 is 0 Å². The second-order valence-corrected chi connectivity index (χ2v) is 3.20. The molecule has 15 heavy (non-hydrogen) atoms. The molecule has 0 aliphatic rings. The van der Waals surface area contributed by atoms with Crippen LogP contribution in [0, 0.1) is 0 Å². The summed E-state index contributed by atoms with van der Waals surface area (Å²) in [6.07, 6.45) is 1.74. The van der Waals surface area contributed by atoms with Crippen LogP contribution in [-0.4, -0.2) is 26.1 Å². The number of ether oxygens (including phenoxy) is 2. The molecule has 1 aromatic heterocycles. The number of rotatable bonds is 4. The van der Waals surface area contributed by atoms with E-state index < -0.39 is 5.97 Å². The van der Waals surface area contributed by atoms with Crippen LogP contribution < -0.4 is 9.30 Å². The SMILES string of the molecule is COC(=O)c1cc(OC)cc[n+]1CCCl. The number of nitrogens with zero attached hydrogens (tertiary/aromatic N) is 1. The maximum Gasteiger partial charge on any atom is 0.403 e. The number of hydrogen-bond acceptors (Lipinski definition) is 3. The molecular weight excluding hydrogens is 218 g/mol. The molecule has 0 aromatic carbocycles. The topological polar surface area (TPSA) is 39.4 Å². The van der Waals surface area contributed by atoms with E-state index in [0.29, 0.717) is 23.9 Å². The van der Waals surface area contributed by atoms with Gasteiger partial charge in [0.05, 0.1) is 26.2 Å². The zero-order chi connectivity index (χ0) is 11.3. The van der Waals surface area contributed by atoms with Crippen molar-refractivity contribution in [1.82, 2.24) is 0 Å². The Hall–Kier alpha value is -1.29. The Morgan fingerprint density at radius 2 is 2.27 bits per heavy atom. The van der Waals surface area contributed by atoms with Crippen LogP contribution in [0.1, 0.15) is 10.5 Å². The van der Waals surface area contributed by atoms with E-state index in [1.54, 1.807) is 30.0 Å². The van der Waals surface area contributed by atoms with Crippen molar-refractivity contribution in [1.29, 1.82) is 0 Å². The molecule has 5 heteroatoms. The Kier molecular flexibility index (Phi) is 4.37. The van der Waals surface area contributed by atoms with Gasteiger partial charge in [0.25, 0.3) is 5.69 Å². The summed E-state index contributed by atoms with van der Waals surface area (Å²) in [6, 6.07) is 3.39. The van der Waals surface area contributed by atoms with E-state index in [9.17, 15) is 4.79 Å². The molecule has 0 unspecified atom stereocenters. The second-order valence-electron chi connectivity index (χ2n) is 2.83. The molecule has 0 saturated heterocycles. The Labute approximate surface area is 93.4 Å². The van der Waals surface area contributed by atoms with E-state index in [-0.39, 0.29) is 0 Å². The summed E-state index contributed by atoms with van der Waals surface area (Å²) < 4.78 is 11.4. The second kappa shape index (κ2) is 5.56. The number of methoxy groups -OCH3 is 2. The Morgan fingerprint density at radius 1 is 1.53 bits per heavy atom. The van der Waals surface area contributed by atoms with E-state index in [1.807, 2.05) is 0 Å². The van der Waals surface area contributed by atoms with Crippen LogP contribution in [0.2, 0.25) is 0 Å². The number of aromatic nitrogens is 1. The van der Waals surface area contributed by atoms with Gasteiger partial charge in [0.2, 0.25) is 0 Å². The largest absolute Gasteiger partial charge is 0.496 e. The van der Waals surface area contributed by atoms with Gasteiger partial charge in [-0.1, -0.05) is 0 Å². The molecule has 0 N–H and O–H groups in total. The molecule has 0 radical (unpaired) electrons. The number of carbonyl (C=O) groups is 1. The van der Waals surface area contributed by atoms with Crippen molar-refractivity contribution in [2.45, 2.75) is 6.54 Å². The fourth-order valence-corrected chi connectivity index (χ4v) is 1.39. The van der Waals surface area contributed by atoms with Crippen molar-refractivity contribution in [3.05, 3.63) is 24.0 Å². The lowest BCUT2D eigenvalue weighted by Crippen LogP contribution is -2.41. The molecule has 0 amide bonds. The minimum atomic E-state index is -0.404.